The summed E-state index contributed by atoms with van der Waals surface area (Å²) in [5, 5.41) is 0. The van der Waals surface area contributed by atoms with Crippen molar-refractivity contribution in [2.45, 2.75) is 24.2 Å². The van der Waals surface area contributed by atoms with Crippen LogP contribution in [0.4, 0.5) is 37.8 Å². The molecule has 32 heavy (non-hydrogen) atoms. The monoisotopic (exact) mass is 478 g/mol. The van der Waals surface area contributed by atoms with E-state index in [1.54, 1.807) is 6.92 Å². The maximum Gasteiger partial charge on any atom is 0.449 e. The van der Waals surface area contributed by atoms with Crippen LogP contribution in [0.25, 0.3) is 11.2 Å². The van der Waals surface area contributed by atoms with Gasteiger partial charge in [-0.15, -0.1) is 11.8 Å². The van der Waals surface area contributed by atoms with Crippen LogP contribution in [0, 0.1) is 0 Å². The third-order valence-electron chi connectivity index (χ3n) is 4.44. The second-order valence-corrected chi connectivity index (χ2v) is 7.91. The van der Waals surface area contributed by atoms with Crippen LogP contribution in [0.15, 0.2) is 23.2 Å². The van der Waals surface area contributed by atoms with E-state index in [0.29, 0.717) is 18.0 Å². The molecule has 0 aliphatic rings. The van der Waals surface area contributed by atoms with Crippen LogP contribution in [0.1, 0.15) is 28.8 Å². The molecule has 7 nitrogen and oxygen atoms in total. The van der Waals surface area contributed by atoms with Gasteiger partial charge in [-0.05, 0) is 17.9 Å². The Morgan fingerprint density at radius 2 is 1.81 bits per heavy atom. The number of pyridine rings is 2. The average Bonchev–Trinajstić information content (AvgIpc) is 3.02. The van der Waals surface area contributed by atoms with E-state index < -0.39 is 35.3 Å². The fourth-order valence-corrected chi connectivity index (χ4v) is 3.71. The van der Waals surface area contributed by atoms with Gasteiger partial charge in [-0.25, -0.2) is 15.0 Å². The van der Waals surface area contributed by atoms with Crippen molar-refractivity contribution in [1.82, 2.24) is 19.5 Å². The third kappa shape index (κ3) is 4.31. The van der Waals surface area contributed by atoms with E-state index in [-0.39, 0.29) is 27.6 Å². The summed E-state index contributed by atoms with van der Waals surface area (Å²) in [6, 6.07) is 2.00. The van der Waals surface area contributed by atoms with Crippen molar-refractivity contribution in [3.63, 3.8) is 0 Å². The number of rotatable bonds is 4. The Kier molecular flexibility index (Phi) is 6.02. The van der Waals surface area contributed by atoms with Crippen molar-refractivity contribution in [2.24, 2.45) is 7.05 Å². The molecule has 0 unspecified atom stereocenters. The number of carbonyl (C=O) groups is 1. The van der Waals surface area contributed by atoms with Crippen LogP contribution < -0.4 is 10.6 Å². The number of hydrogen-bond acceptors (Lipinski definition) is 6. The van der Waals surface area contributed by atoms with Crippen molar-refractivity contribution < 1.29 is 31.1 Å². The zero-order valence-electron chi connectivity index (χ0n) is 16.8. The second-order valence-electron chi connectivity index (χ2n) is 6.60. The van der Waals surface area contributed by atoms with Gasteiger partial charge in [0, 0.05) is 25.2 Å². The summed E-state index contributed by atoms with van der Waals surface area (Å²) >= 11 is 1.16. The summed E-state index contributed by atoms with van der Waals surface area (Å²) in [6.07, 6.45) is -8.87. The van der Waals surface area contributed by atoms with Crippen LogP contribution in [0.5, 0.6) is 0 Å². The number of anilines is 2. The molecule has 14 heteroatoms. The average molecular weight is 478 g/mol. The number of carbonyl (C=O) groups excluding carboxylic acids is 1. The molecule has 1 amide bonds. The topological polar surface area (TPSA) is 89.9 Å². The van der Waals surface area contributed by atoms with Gasteiger partial charge in [0.15, 0.2) is 11.5 Å². The number of amides is 1. The maximum absolute atomic E-state index is 13.2. The van der Waals surface area contributed by atoms with E-state index >= 15 is 0 Å². The summed E-state index contributed by atoms with van der Waals surface area (Å²) in [5.74, 6) is -1.78. The highest BCUT2D eigenvalue weighted by atomic mass is 32.2. The highest BCUT2D eigenvalue weighted by Crippen LogP contribution is 2.35. The molecule has 0 aromatic carbocycles. The van der Waals surface area contributed by atoms with Gasteiger partial charge in [0.25, 0.3) is 5.91 Å². The van der Waals surface area contributed by atoms with Crippen molar-refractivity contribution in [2.75, 3.05) is 23.4 Å². The number of nitrogens with two attached hydrogens (primary N) is 1. The Morgan fingerprint density at radius 1 is 1.16 bits per heavy atom. The molecule has 3 rings (SSSR count). The fraction of sp³-hybridized carbons (Fsp3) is 0.333. The smallest absolute Gasteiger partial charge is 0.396 e. The molecule has 0 spiro atoms. The molecule has 0 saturated heterocycles. The van der Waals surface area contributed by atoms with E-state index in [1.165, 1.54) is 20.2 Å². The highest BCUT2D eigenvalue weighted by molar-refractivity contribution is 7.99. The summed E-state index contributed by atoms with van der Waals surface area (Å²) in [4.78, 5) is 25.4. The van der Waals surface area contributed by atoms with Crippen molar-refractivity contribution in [3.8, 4) is 0 Å². The van der Waals surface area contributed by atoms with Gasteiger partial charge in [-0.2, -0.15) is 26.3 Å². The molecule has 0 radical (unpaired) electrons. The zero-order valence-corrected chi connectivity index (χ0v) is 17.7. The van der Waals surface area contributed by atoms with Gasteiger partial charge in [-0.3, -0.25) is 9.69 Å². The molecule has 0 fully saturated rings. The number of aryl methyl sites for hydroxylation is 1. The molecular formula is C18H16F6N6OS. The maximum atomic E-state index is 13.2. The lowest BCUT2D eigenvalue weighted by Gasteiger charge is -2.20. The third-order valence-corrected chi connectivity index (χ3v) is 5.35. The molecule has 3 aromatic rings. The summed E-state index contributed by atoms with van der Waals surface area (Å²) in [6.45, 7) is 1.77. The minimum absolute atomic E-state index is 0.0691. The summed E-state index contributed by atoms with van der Waals surface area (Å²) < 4.78 is 79.0. The molecule has 0 aliphatic heterocycles. The van der Waals surface area contributed by atoms with Gasteiger partial charge in [-0.1, -0.05) is 6.92 Å². The number of fused-ring (bicyclic) bond motifs is 1. The Labute approximate surface area is 181 Å². The highest BCUT2D eigenvalue weighted by Gasteiger charge is 2.37. The normalized spacial score (nSPS) is 12.4. The number of hydrogen-bond donors (Lipinski definition) is 1. The van der Waals surface area contributed by atoms with Gasteiger partial charge in [0.1, 0.15) is 5.69 Å². The molecule has 172 valence electrons. The number of aromatic nitrogens is 4. The number of thioether (sulfide) groups is 1. The lowest BCUT2D eigenvalue weighted by atomic mass is 10.2. The lowest BCUT2D eigenvalue weighted by Crippen LogP contribution is -2.29. The van der Waals surface area contributed by atoms with Crippen molar-refractivity contribution in [1.29, 1.82) is 0 Å². The number of nitrogen functional groups attached to an aromatic ring is 1. The van der Waals surface area contributed by atoms with Crippen molar-refractivity contribution >= 4 is 40.3 Å². The standard InChI is InChI=1S/C18H16F6N6OS/c1-4-32-11-6-10-13(28-16(29(10)2)18(22,23)24)27-12(11)15(31)30(3)14-9(25)5-8(7-26-14)17(19,20)21/h5-7H,4,25H2,1-3H3. The quantitative estimate of drug-likeness (QED) is 0.443. The fourth-order valence-electron chi connectivity index (χ4n) is 2.93. The van der Waals surface area contributed by atoms with Gasteiger partial charge in [0.05, 0.1) is 16.8 Å². The molecule has 0 saturated carbocycles. The molecule has 0 bridgehead atoms. The molecule has 3 heterocycles. The van der Waals surface area contributed by atoms with E-state index in [1.807, 2.05) is 0 Å². The Hall–Kier alpha value is -3.03. The van der Waals surface area contributed by atoms with Crippen LogP contribution in [0.3, 0.4) is 0 Å². The molecule has 0 aliphatic carbocycles. The number of halogens is 6. The van der Waals surface area contributed by atoms with E-state index in [2.05, 4.69) is 15.0 Å². The minimum Gasteiger partial charge on any atom is -0.396 e. The largest absolute Gasteiger partial charge is 0.449 e. The first-order valence-electron chi connectivity index (χ1n) is 8.94. The van der Waals surface area contributed by atoms with Crippen LogP contribution in [-0.2, 0) is 19.4 Å². The lowest BCUT2D eigenvalue weighted by molar-refractivity contribution is -0.146. The minimum atomic E-state index is -4.73. The SMILES string of the molecule is CCSc1cc2c(nc1C(=O)N(C)c1ncc(C(F)(F)F)cc1N)nc(C(F)(F)F)n2C. The van der Waals surface area contributed by atoms with Gasteiger partial charge >= 0.3 is 12.4 Å². The predicted molar refractivity (Wildman–Crippen MR) is 106 cm³/mol. The molecule has 0 atom stereocenters. The van der Waals surface area contributed by atoms with Gasteiger partial charge in [0.2, 0.25) is 5.82 Å². The molecule has 3 aromatic heterocycles. The van der Waals surface area contributed by atoms with Crippen LogP contribution in [-0.4, -0.2) is 38.2 Å². The Balaban J connectivity index is 2.09. The molecule has 2 N–H and O–H groups in total. The van der Waals surface area contributed by atoms with Crippen LogP contribution >= 0.6 is 11.8 Å². The van der Waals surface area contributed by atoms with Gasteiger partial charge < -0.3 is 10.3 Å². The molecular weight excluding hydrogens is 462 g/mol. The van der Waals surface area contributed by atoms with E-state index in [4.69, 9.17) is 5.73 Å². The van der Waals surface area contributed by atoms with E-state index in [9.17, 15) is 31.1 Å². The predicted octanol–water partition coefficient (Wildman–Crippen LogP) is 4.37. The zero-order chi connectivity index (χ0) is 24.0. The Morgan fingerprint density at radius 3 is 2.34 bits per heavy atom. The van der Waals surface area contributed by atoms with Crippen LogP contribution in [0.2, 0.25) is 0 Å². The first kappa shape index (κ1) is 23.6. The Bertz CT molecular complexity index is 1190. The number of alkyl halides is 6. The number of imidazole rings is 1. The second kappa shape index (κ2) is 8.15. The first-order chi connectivity index (χ1) is 14.8. The van der Waals surface area contributed by atoms with E-state index in [0.717, 1.165) is 21.2 Å². The number of nitrogens with zero attached hydrogens (tertiary/aromatic N) is 5. The van der Waals surface area contributed by atoms with Crippen molar-refractivity contribution in [3.05, 3.63) is 35.4 Å². The first-order valence-corrected chi connectivity index (χ1v) is 9.92. The summed E-state index contributed by atoms with van der Waals surface area (Å²) in [7, 11) is 2.40. The summed E-state index contributed by atoms with van der Waals surface area (Å²) in [5.41, 5.74) is 3.72.